The molecule has 1 heteroatoms. The lowest BCUT2D eigenvalue weighted by molar-refractivity contribution is -0.669. The second kappa shape index (κ2) is 4.58. The normalized spacial score (nSPS) is 21.3. The Hall–Kier alpha value is -0.820. The van der Waals surface area contributed by atoms with Crippen molar-refractivity contribution in [3.05, 3.63) is 35.4 Å². The highest BCUT2D eigenvalue weighted by Crippen LogP contribution is 2.22. The summed E-state index contributed by atoms with van der Waals surface area (Å²) in [7, 11) is 0. The van der Waals surface area contributed by atoms with Crippen molar-refractivity contribution >= 4 is 0 Å². The molecule has 0 bridgehead atoms. The van der Waals surface area contributed by atoms with Crippen LogP contribution in [0.4, 0.5) is 0 Å². The molecule has 2 rings (SSSR count). The van der Waals surface area contributed by atoms with E-state index in [4.69, 9.17) is 0 Å². The lowest BCUT2D eigenvalue weighted by Gasteiger charge is -2.19. The summed E-state index contributed by atoms with van der Waals surface area (Å²) in [6, 6.07) is 10.1. The van der Waals surface area contributed by atoms with Crippen molar-refractivity contribution in [1.82, 2.24) is 0 Å². The van der Waals surface area contributed by atoms with Crippen LogP contribution in [-0.2, 0) is 11.8 Å². The minimum atomic E-state index is 0.276. The van der Waals surface area contributed by atoms with Crippen LogP contribution in [0.2, 0.25) is 0 Å². The first-order chi connectivity index (χ1) is 7.55. The predicted molar refractivity (Wildman–Crippen MR) is 68.7 cm³/mol. The van der Waals surface area contributed by atoms with Crippen molar-refractivity contribution in [2.45, 2.75) is 51.5 Å². The molecule has 1 aliphatic heterocycles. The Morgan fingerprint density at radius 1 is 1.19 bits per heavy atom. The van der Waals surface area contributed by atoms with Gasteiger partial charge in [0.05, 0.1) is 12.6 Å². The molecule has 0 saturated carbocycles. The molecule has 0 amide bonds. The minimum Gasteiger partial charge on any atom is -0.344 e. The molecule has 1 aromatic rings. The van der Waals surface area contributed by atoms with Crippen LogP contribution < -0.4 is 5.32 Å². The van der Waals surface area contributed by atoms with Crippen molar-refractivity contribution in [2.75, 3.05) is 6.54 Å². The van der Waals surface area contributed by atoms with Crippen LogP contribution >= 0.6 is 0 Å². The second-order valence-corrected chi connectivity index (χ2v) is 6.08. The zero-order valence-electron chi connectivity index (χ0n) is 10.8. The summed E-state index contributed by atoms with van der Waals surface area (Å²) in [4.78, 5) is 0. The van der Waals surface area contributed by atoms with Gasteiger partial charge >= 0.3 is 0 Å². The van der Waals surface area contributed by atoms with Gasteiger partial charge in [-0.2, -0.15) is 0 Å². The molecule has 1 fully saturated rings. The summed E-state index contributed by atoms with van der Waals surface area (Å²) >= 11 is 0. The van der Waals surface area contributed by atoms with Crippen LogP contribution in [0, 0.1) is 0 Å². The number of hydrogen-bond donors (Lipinski definition) is 1. The third-order valence-corrected chi connectivity index (χ3v) is 3.60. The Labute approximate surface area is 99.3 Å². The fourth-order valence-corrected chi connectivity index (χ4v) is 2.48. The molecule has 1 saturated heterocycles. The number of nitrogens with two attached hydrogens (primary N) is 1. The summed E-state index contributed by atoms with van der Waals surface area (Å²) < 4.78 is 0. The van der Waals surface area contributed by atoms with E-state index in [0.29, 0.717) is 0 Å². The highest BCUT2D eigenvalue weighted by atomic mass is 14.9. The number of benzene rings is 1. The molecule has 16 heavy (non-hydrogen) atoms. The molecule has 1 nitrogen and oxygen atoms in total. The van der Waals surface area contributed by atoms with Crippen LogP contribution in [0.1, 0.15) is 44.7 Å². The van der Waals surface area contributed by atoms with Crippen molar-refractivity contribution in [3.63, 3.8) is 0 Å². The van der Waals surface area contributed by atoms with E-state index in [2.05, 4.69) is 50.4 Å². The van der Waals surface area contributed by atoms with Gasteiger partial charge in [-0.15, -0.1) is 0 Å². The lowest BCUT2D eigenvalue weighted by atomic mass is 9.86. The summed E-state index contributed by atoms with van der Waals surface area (Å²) in [6.07, 6.45) is 4.02. The third-order valence-electron chi connectivity index (χ3n) is 3.60. The maximum Gasteiger partial charge on any atom is 0.0902 e. The van der Waals surface area contributed by atoms with E-state index in [-0.39, 0.29) is 5.41 Å². The number of hydrogen-bond acceptors (Lipinski definition) is 0. The topological polar surface area (TPSA) is 16.6 Å². The van der Waals surface area contributed by atoms with Gasteiger partial charge in [0.15, 0.2) is 0 Å². The first kappa shape index (κ1) is 11.7. The highest BCUT2D eigenvalue weighted by Gasteiger charge is 2.19. The molecule has 1 aliphatic rings. The standard InChI is InChI=1S/C15H23N/c1-15(2,3)13-8-6-12(7-9-13)11-14-5-4-10-16-14/h6-9,14,16H,4-5,10-11H2,1-3H3/p+1/t14-/m0/s1. The molecule has 1 heterocycles. The predicted octanol–water partition coefficient (Wildman–Crippen LogP) is 2.25. The monoisotopic (exact) mass is 218 g/mol. The Balaban J connectivity index is 2.01. The Morgan fingerprint density at radius 2 is 1.88 bits per heavy atom. The Kier molecular flexibility index (Phi) is 3.34. The van der Waals surface area contributed by atoms with E-state index in [0.717, 1.165) is 6.04 Å². The molecule has 88 valence electrons. The van der Waals surface area contributed by atoms with Crippen LogP contribution in [0.5, 0.6) is 0 Å². The third kappa shape index (κ3) is 2.85. The first-order valence-electron chi connectivity index (χ1n) is 6.48. The van der Waals surface area contributed by atoms with Gasteiger partial charge in [-0.3, -0.25) is 0 Å². The zero-order chi connectivity index (χ0) is 11.6. The van der Waals surface area contributed by atoms with Crippen LogP contribution in [-0.4, -0.2) is 12.6 Å². The lowest BCUT2D eigenvalue weighted by Crippen LogP contribution is -2.87. The van der Waals surface area contributed by atoms with E-state index in [1.165, 1.54) is 36.9 Å². The molecular formula is C15H24N+. The molecule has 0 aromatic heterocycles. The summed E-state index contributed by atoms with van der Waals surface area (Å²) in [5.74, 6) is 0. The fraction of sp³-hybridized carbons (Fsp3) is 0.600. The quantitative estimate of drug-likeness (QED) is 0.784. The van der Waals surface area contributed by atoms with E-state index in [1.807, 2.05) is 0 Å². The van der Waals surface area contributed by atoms with Crippen LogP contribution in [0.25, 0.3) is 0 Å². The molecule has 0 unspecified atom stereocenters. The van der Waals surface area contributed by atoms with Crippen molar-refractivity contribution < 1.29 is 5.32 Å². The Morgan fingerprint density at radius 3 is 2.38 bits per heavy atom. The van der Waals surface area contributed by atoms with Gasteiger partial charge in [0.2, 0.25) is 0 Å². The van der Waals surface area contributed by atoms with Gasteiger partial charge in [0.1, 0.15) is 0 Å². The van der Waals surface area contributed by atoms with Gasteiger partial charge in [-0.25, -0.2) is 0 Å². The summed E-state index contributed by atoms with van der Waals surface area (Å²) in [6.45, 7) is 8.14. The molecule has 0 aliphatic carbocycles. The first-order valence-corrected chi connectivity index (χ1v) is 6.48. The van der Waals surface area contributed by atoms with Gasteiger partial charge in [0, 0.05) is 19.3 Å². The average Bonchev–Trinajstić information content (AvgIpc) is 2.70. The van der Waals surface area contributed by atoms with Gasteiger partial charge in [0.25, 0.3) is 0 Å². The van der Waals surface area contributed by atoms with Crippen LogP contribution in [0.3, 0.4) is 0 Å². The Bertz CT molecular complexity index is 325. The van der Waals surface area contributed by atoms with Gasteiger partial charge in [-0.1, -0.05) is 45.0 Å². The van der Waals surface area contributed by atoms with E-state index in [1.54, 1.807) is 0 Å². The molecule has 2 N–H and O–H groups in total. The van der Waals surface area contributed by atoms with Gasteiger partial charge in [-0.05, 0) is 16.5 Å². The minimum absolute atomic E-state index is 0.276. The van der Waals surface area contributed by atoms with Crippen molar-refractivity contribution in [3.8, 4) is 0 Å². The van der Waals surface area contributed by atoms with E-state index in [9.17, 15) is 0 Å². The molecule has 0 spiro atoms. The highest BCUT2D eigenvalue weighted by molar-refractivity contribution is 5.27. The van der Waals surface area contributed by atoms with E-state index < -0.39 is 0 Å². The zero-order valence-corrected chi connectivity index (χ0v) is 10.8. The largest absolute Gasteiger partial charge is 0.344 e. The molecule has 1 aromatic carbocycles. The second-order valence-electron chi connectivity index (χ2n) is 6.08. The van der Waals surface area contributed by atoms with Crippen molar-refractivity contribution in [2.24, 2.45) is 0 Å². The number of quaternary nitrogens is 1. The number of rotatable bonds is 2. The average molecular weight is 218 g/mol. The van der Waals surface area contributed by atoms with Gasteiger partial charge < -0.3 is 5.32 Å². The van der Waals surface area contributed by atoms with E-state index >= 15 is 0 Å². The SMILES string of the molecule is CC(C)(C)c1ccc(C[C@@H]2CCC[NH2+]2)cc1. The maximum atomic E-state index is 2.50. The maximum absolute atomic E-state index is 2.50. The summed E-state index contributed by atoms with van der Waals surface area (Å²) in [5, 5.41) is 2.50. The fourth-order valence-electron chi connectivity index (χ4n) is 2.48. The smallest absolute Gasteiger partial charge is 0.0902 e. The summed E-state index contributed by atoms with van der Waals surface area (Å²) in [5.41, 5.74) is 3.21. The van der Waals surface area contributed by atoms with Crippen LogP contribution in [0.15, 0.2) is 24.3 Å². The molecule has 0 radical (unpaired) electrons. The molecular weight excluding hydrogens is 194 g/mol. The molecule has 1 atom stereocenters. The van der Waals surface area contributed by atoms with Crippen molar-refractivity contribution in [1.29, 1.82) is 0 Å².